The van der Waals surface area contributed by atoms with Crippen molar-refractivity contribution >= 4 is 5.69 Å². The van der Waals surface area contributed by atoms with Gasteiger partial charge in [0.25, 0.3) is 0 Å². The van der Waals surface area contributed by atoms with Crippen LogP contribution in [0.1, 0.15) is 12.5 Å². The highest BCUT2D eigenvalue weighted by atomic mass is 16.5. The first-order valence-corrected chi connectivity index (χ1v) is 4.41. The second-order valence-electron chi connectivity index (χ2n) is 2.85. The molecule has 0 saturated carbocycles. The quantitative estimate of drug-likeness (QED) is 0.688. The third kappa shape index (κ3) is 2.63. The van der Waals surface area contributed by atoms with Crippen molar-refractivity contribution in [3.63, 3.8) is 0 Å². The van der Waals surface area contributed by atoms with Crippen molar-refractivity contribution < 1.29 is 4.74 Å². The number of ether oxygens (including phenoxy) is 1. The predicted molar refractivity (Wildman–Crippen MR) is 54.8 cm³/mol. The Labute approximate surface area is 78.9 Å². The Hall–Kier alpha value is -1.22. The van der Waals surface area contributed by atoms with E-state index < -0.39 is 0 Å². The maximum atomic E-state index is 5.67. The fourth-order valence-electron chi connectivity index (χ4n) is 1.20. The number of hydrogen-bond acceptors (Lipinski definition) is 3. The van der Waals surface area contributed by atoms with Gasteiger partial charge in [-0.15, -0.1) is 0 Å². The van der Waals surface area contributed by atoms with E-state index in [9.17, 15) is 0 Å². The largest absolute Gasteiger partial charge is 0.496 e. The predicted octanol–water partition coefficient (Wildman–Crippen LogP) is 1.39. The zero-order chi connectivity index (χ0) is 9.68. The molecule has 0 aliphatic heterocycles. The maximum absolute atomic E-state index is 5.67. The van der Waals surface area contributed by atoms with Crippen molar-refractivity contribution in [1.29, 1.82) is 0 Å². The molecule has 0 fully saturated rings. The first-order chi connectivity index (χ1) is 6.27. The van der Waals surface area contributed by atoms with E-state index in [4.69, 9.17) is 10.5 Å². The van der Waals surface area contributed by atoms with Crippen molar-refractivity contribution in [2.45, 2.75) is 13.5 Å². The van der Waals surface area contributed by atoms with Crippen LogP contribution >= 0.6 is 0 Å². The average Bonchev–Trinajstić information content (AvgIpc) is 2.15. The smallest absolute Gasteiger partial charge is 0.123 e. The Morgan fingerprint density at radius 2 is 2.23 bits per heavy atom. The molecule has 72 valence electrons. The Morgan fingerprint density at radius 3 is 2.85 bits per heavy atom. The lowest BCUT2D eigenvalue weighted by molar-refractivity contribution is 0.408. The molecule has 0 aromatic heterocycles. The Kier molecular flexibility index (Phi) is 3.58. The highest BCUT2D eigenvalue weighted by Gasteiger charge is 2.01. The monoisotopic (exact) mass is 180 g/mol. The summed E-state index contributed by atoms with van der Waals surface area (Å²) in [5, 5.41) is 3.23. The van der Waals surface area contributed by atoms with Crippen LogP contribution in [0.15, 0.2) is 18.2 Å². The van der Waals surface area contributed by atoms with Gasteiger partial charge in [0.15, 0.2) is 0 Å². The molecule has 0 saturated heterocycles. The third-order valence-corrected chi connectivity index (χ3v) is 1.87. The summed E-state index contributed by atoms with van der Waals surface area (Å²) in [6.07, 6.45) is 0. The molecule has 0 bridgehead atoms. The van der Waals surface area contributed by atoms with Crippen LogP contribution < -0.4 is 15.8 Å². The average molecular weight is 180 g/mol. The molecule has 3 N–H and O–H groups in total. The molecule has 3 nitrogen and oxygen atoms in total. The normalized spacial score (nSPS) is 10.0. The van der Waals surface area contributed by atoms with Crippen LogP contribution in [0.2, 0.25) is 0 Å². The van der Waals surface area contributed by atoms with Crippen LogP contribution in [-0.2, 0) is 6.54 Å². The minimum absolute atomic E-state index is 0.772. The molecular formula is C10H16N2O. The van der Waals surface area contributed by atoms with Gasteiger partial charge >= 0.3 is 0 Å². The number of nitrogens with one attached hydrogen (secondary N) is 1. The van der Waals surface area contributed by atoms with E-state index in [-0.39, 0.29) is 0 Å². The van der Waals surface area contributed by atoms with Crippen LogP contribution in [0.3, 0.4) is 0 Å². The van der Waals surface area contributed by atoms with E-state index in [1.54, 1.807) is 7.11 Å². The summed E-state index contributed by atoms with van der Waals surface area (Å²) < 4.78 is 5.20. The molecule has 1 aromatic rings. The van der Waals surface area contributed by atoms with Crippen LogP contribution in [-0.4, -0.2) is 13.7 Å². The van der Waals surface area contributed by atoms with Crippen molar-refractivity contribution in [3.05, 3.63) is 23.8 Å². The van der Waals surface area contributed by atoms with Gasteiger partial charge < -0.3 is 15.8 Å². The fourth-order valence-corrected chi connectivity index (χ4v) is 1.20. The number of hydrogen-bond donors (Lipinski definition) is 2. The maximum Gasteiger partial charge on any atom is 0.123 e. The summed E-state index contributed by atoms with van der Waals surface area (Å²) in [4.78, 5) is 0. The van der Waals surface area contributed by atoms with Crippen molar-refractivity contribution in [1.82, 2.24) is 5.32 Å². The zero-order valence-corrected chi connectivity index (χ0v) is 8.13. The van der Waals surface area contributed by atoms with Crippen LogP contribution in [0, 0.1) is 0 Å². The molecule has 13 heavy (non-hydrogen) atoms. The Bertz CT molecular complexity index is 274. The van der Waals surface area contributed by atoms with Crippen LogP contribution in [0.4, 0.5) is 5.69 Å². The molecule has 1 rings (SSSR count). The summed E-state index contributed by atoms with van der Waals surface area (Å²) in [5.41, 5.74) is 7.54. The minimum atomic E-state index is 0.772. The number of anilines is 1. The van der Waals surface area contributed by atoms with Crippen molar-refractivity contribution in [2.75, 3.05) is 19.4 Å². The molecule has 0 unspecified atom stereocenters. The van der Waals surface area contributed by atoms with Gasteiger partial charge in [0.2, 0.25) is 0 Å². The van der Waals surface area contributed by atoms with Gasteiger partial charge in [-0.2, -0.15) is 0 Å². The second kappa shape index (κ2) is 4.72. The van der Waals surface area contributed by atoms with Crippen molar-refractivity contribution in [3.8, 4) is 5.75 Å². The lowest BCUT2D eigenvalue weighted by atomic mass is 10.2. The SMILES string of the molecule is CCNCc1cc(N)ccc1OC. The van der Waals surface area contributed by atoms with Gasteiger partial charge in [-0.1, -0.05) is 6.92 Å². The third-order valence-electron chi connectivity index (χ3n) is 1.87. The number of nitrogens with two attached hydrogens (primary N) is 1. The number of nitrogen functional groups attached to an aromatic ring is 1. The first-order valence-electron chi connectivity index (χ1n) is 4.41. The Morgan fingerprint density at radius 1 is 1.46 bits per heavy atom. The van der Waals surface area contributed by atoms with Gasteiger partial charge in [-0.05, 0) is 24.7 Å². The second-order valence-corrected chi connectivity index (χ2v) is 2.85. The van der Waals surface area contributed by atoms with Crippen LogP contribution in [0.25, 0.3) is 0 Å². The van der Waals surface area contributed by atoms with Gasteiger partial charge in [0, 0.05) is 17.8 Å². The highest BCUT2D eigenvalue weighted by molar-refractivity contribution is 5.47. The summed E-state index contributed by atoms with van der Waals surface area (Å²) in [6.45, 7) is 3.81. The molecule has 0 atom stereocenters. The van der Waals surface area contributed by atoms with E-state index in [1.165, 1.54) is 0 Å². The first kappa shape index (κ1) is 9.86. The minimum Gasteiger partial charge on any atom is -0.496 e. The molecular weight excluding hydrogens is 164 g/mol. The highest BCUT2D eigenvalue weighted by Crippen LogP contribution is 2.20. The lowest BCUT2D eigenvalue weighted by Crippen LogP contribution is -2.12. The lowest BCUT2D eigenvalue weighted by Gasteiger charge is -2.09. The van der Waals surface area contributed by atoms with E-state index in [2.05, 4.69) is 12.2 Å². The standard InChI is InChI=1S/C10H16N2O/c1-3-12-7-8-6-9(11)4-5-10(8)13-2/h4-6,12H,3,7,11H2,1-2H3. The van der Waals surface area contributed by atoms with E-state index in [0.29, 0.717) is 0 Å². The summed E-state index contributed by atoms with van der Waals surface area (Å²) in [7, 11) is 1.67. The molecule has 0 aliphatic carbocycles. The summed E-state index contributed by atoms with van der Waals surface area (Å²) in [6, 6.07) is 5.66. The van der Waals surface area contributed by atoms with Crippen molar-refractivity contribution in [2.24, 2.45) is 0 Å². The van der Waals surface area contributed by atoms with Crippen LogP contribution in [0.5, 0.6) is 5.75 Å². The van der Waals surface area contributed by atoms with E-state index in [1.807, 2.05) is 18.2 Å². The number of benzene rings is 1. The number of methoxy groups -OCH3 is 1. The van der Waals surface area contributed by atoms with E-state index >= 15 is 0 Å². The van der Waals surface area contributed by atoms with Gasteiger partial charge in [-0.3, -0.25) is 0 Å². The zero-order valence-electron chi connectivity index (χ0n) is 8.13. The Balaban J connectivity index is 2.81. The van der Waals surface area contributed by atoms with Gasteiger partial charge in [0.05, 0.1) is 7.11 Å². The van der Waals surface area contributed by atoms with Gasteiger partial charge in [0.1, 0.15) is 5.75 Å². The molecule has 3 heteroatoms. The van der Waals surface area contributed by atoms with Gasteiger partial charge in [-0.25, -0.2) is 0 Å². The topological polar surface area (TPSA) is 47.3 Å². The molecule has 0 amide bonds. The fraction of sp³-hybridized carbons (Fsp3) is 0.400. The molecule has 1 aromatic carbocycles. The number of rotatable bonds is 4. The molecule has 0 aliphatic rings. The molecule has 0 heterocycles. The van der Waals surface area contributed by atoms with E-state index in [0.717, 1.165) is 30.1 Å². The molecule has 0 spiro atoms. The molecule has 0 radical (unpaired) electrons. The summed E-state index contributed by atoms with van der Waals surface area (Å²) >= 11 is 0. The summed E-state index contributed by atoms with van der Waals surface area (Å²) in [5.74, 6) is 0.884.